The Morgan fingerprint density at radius 3 is 2.67 bits per heavy atom. The molecule has 0 heterocycles. The van der Waals surface area contributed by atoms with Crippen molar-refractivity contribution in [2.45, 2.75) is 32.9 Å². The lowest BCUT2D eigenvalue weighted by Gasteiger charge is -2.15. The molecule has 0 aliphatic heterocycles. The standard InChI is InChI=1S/C13H19ClN2O2/c1-8(2)16-13(17)7-18-12-5-4-10(14)6-11(12)9(3)15/h4-6,8-9H,7,15H2,1-3H3,(H,16,17)/t9-/m0/s1. The van der Waals surface area contributed by atoms with Crippen molar-refractivity contribution in [1.29, 1.82) is 0 Å². The number of nitrogens with one attached hydrogen (secondary N) is 1. The van der Waals surface area contributed by atoms with E-state index in [-0.39, 0.29) is 24.6 Å². The van der Waals surface area contributed by atoms with Gasteiger partial charge in [-0.1, -0.05) is 11.6 Å². The highest BCUT2D eigenvalue weighted by molar-refractivity contribution is 6.30. The van der Waals surface area contributed by atoms with Crippen LogP contribution >= 0.6 is 11.6 Å². The van der Waals surface area contributed by atoms with E-state index in [1.807, 2.05) is 20.8 Å². The second-order valence-corrected chi connectivity index (χ2v) is 4.92. The van der Waals surface area contributed by atoms with E-state index in [2.05, 4.69) is 5.32 Å². The third-order valence-corrected chi connectivity index (χ3v) is 2.51. The van der Waals surface area contributed by atoms with Gasteiger partial charge in [0, 0.05) is 22.7 Å². The Morgan fingerprint density at radius 1 is 1.44 bits per heavy atom. The molecule has 0 saturated carbocycles. The van der Waals surface area contributed by atoms with E-state index in [0.717, 1.165) is 5.56 Å². The summed E-state index contributed by atoms with van der Waals surface area (Å²) in [6.07, 6.45) is 0. The number of ether oxygens (including phenoxy) is 1. The maximum absolute atomic E-state index is 11.5. The van der Waals surface area contributed by atoms with Crippen molar-refractivity contribution >= 4 is 17.5 Å². The van der Waals surface area contributed by atoms with Gasteiger partial charge in [0.05, 0.1) is 0 Å². The van der Waals surface area contributed by atoms with Crippen LogP contribution in [0.1, 0.15) is 32.4 Å². The topological polar surface area (TPSA) is 64.3 Å². The Kier molecular flexibility index (Phi) is 5.44. The number of hydrogen-bond acceptors (Lipinski definition) is 3. The fourth-order valence-corrected chi connectivity index (χ4v) is 1.69. The number of carbonyl (C=O) groups is 1. The first-order chi connectivity index (χ1) is 8.40. The minimum Gasteiger partial charge on any atom is -0.483 e. The molecular weight excluding hydrogens is 252 g/mol. The van der Waals surface area contributed by atoms with Gasteiger partial charge in [-0.2, -0.15) is 0 Å². The maximum atomic E-state index is 11.5. The Balaban J connectivity index is 2.70. The van der Waals surface area contributed by atoms with E-state index in [1.54, 1.807) is 18.2 Å². The molecule has 1 atom stereocenters. The third-order valence-electron chi connectivity index (χ3n) is 2.27. The Bertz CT molecular complexity index is 419. The van der Waals surface area contributed by atoms with Crippen LogP contribution in [0.15, 0.2) is 18.2 Å². The van der Waals surface area contributed by atoms with E-state index in [4.69, 9.17) is 22.1 Å². The summed E-state index contributed by atoms with van der Waals surface area (Å²) in [4.78, 5) is 11.5. The zero-order valence-corrected chi connectivity index (χ0v) is 11.6. The second-order valence-electron chi connectivity index (χ2n) is 4.48. The molecule has 1 aromatic rings. The van der Waals surface area contributed by atoms with Gasteiger partial charge >= 0.3 is 0 Å². The molecule has 0 unspecified atom stereocenters. The average Bonchev–Trinajstić information content (AvgIpc) is 2.26. The van der Waals surface area contributed by atoms with Gasteiger partial charge in [-0.05, 0) is 39.0 Å². The second kappa shape index (κ2) is 6.61. The minimum atomic E-state index is -0.202. The maximum Gasteiger partial charge on any atom is 0.258 e. The summed E-state index contributed by atoms with van der Waals surface area (Å²) in [5.41, 5.74) is 6.62. The molecule has 1 amide bonds. The number of benzene rings is 1. The van der Waals surface area contributed by atoms with Crippen LogP contribution in [-0.2, 0) is 4.79 Å². The largest absolute Gasteiger partial charge is 0.483 e. The van der Waals surface area contributed by atoms with Gasteiger partial charge in [0.1, 0.15) is 5.75 Å². The minimum absolute atomic E-state index is 0.0282. The SMILES string of the molecule is CC(C)NC(=O)COc1ccc(Cl)cc1[C@H](C)N. The molecule has 0 saturated heterocycles. The molecule has 0 aliphatic carbocycles. The smallest absolute Gasteiger partial charge is 0.258 e. The van der Waals surface area contributed by atoms with Gasteiger partial charge in [-0.15, -0.1) is 0 Å². The van der Waals surface area contributed by atoms with Crippen LogP contribution < -0.4 is 15.8 Å². The van der Waals surface area contributed by atoms with Gasteiger partial charge in [0.15, 0.2) is 6.61 Å². The van der Waals surface area contributed by atoms with Gasteiger partial charge in [-0.3, -0.25) is 4.79 Å². The van der Waals surface area contributed by atoms with Gasteiger partial charge in [-0.25, -0.2) is 0 Å². The van der Waals surface area contributed by atoms with E-state index in [1.165, 1.54) is 0 Å². The average molecular weight is 271 g/mol. The number of rotatable bonds is 5. The van der Waals surface area contributed by atoms with E-state index in [9.17, 15) is 4.79 Å². The summed E-state index contributed by atoms with van der Waals surface area (Å²) in [5.74, 6) is 0.434. The van der Waals surface area contributed by atoms with Crippen LogP contribution in [0.25, 0.3) is 0 Å². The van der Waals surface area contributed by atoms with Gasteiger partial charge < -0.3 is 15.8 Å². The van der Waals surface area contributed by atoms with Crippen molar-refractivity contribution in [2.75, 3.05) is 6.61 Å². The summed E-state index contributed by atoms with van der Waals surface area (Å²) in [7, 11) is 0. The molecule has 0 spiro atoms. The van der Waals surface area contributed by atoms with Crippen LogP contribution in [0.2, 0.25) is 5.02 Å². The highest BCUT2D eigenvalue weighted by Crippen LogP contribution is 2.27. The van der Waals surface area contributed by atoms with Crippen LogP contribution in [0, 0.1) is 0 Å². The zero-order valence-electron chi connectivity index (χ0n) is 10.9. The molecule has 0 radical (unpaired) electrons. The first-order valence-corrected chi connectivity index (χ1v) is 6.25. The van der Waals surface area contributed by atoms with Crippen LogP contribution in [0.5, 0.6) is 5.75 Å². The molecule has 5 heteroatoms. The lowest BCUT2D eigenvalue weighted by Crippen LogP contribution is -2.34. The first-order valence-electron chi connectivity index (χ1n) is 5.87. The lowest BCUT2D eigenvalue weighted by molar-refractivity contribution is -0.123. The number of carbonyl (C=O) groups excluding carboxylic acids is 1. The fourth-order valence-electron chi connectivity index (χ4n) is 1.51. The summed E-state index contributed by atoms with van der Waals surface area (Å²) in [6, 6.07) is 5.08. The molecular formula is C13H19ClN2O2. The summed E-state index contributed by atoms with van der Waals surface area (Å²) < 4.78 is 5.47. The predicted molar refractivity (Wildman–Crippen MR) is 72.8 cm³/mol. The van der Waals surface area contributed by atoms with Crippen molar-refractivity contribution in [3.63, 3.8) is 0 Å². The van der Waals surface area contributed by atoms with Crippen LogP contribution in [0.4, 0.5) is 0 Å². The Hall–Kier alpha value is -1.26. The Labute approximate surface area is 112 Å². The monoisotopic (exact) mass is 270 g/mol. The fraction of sp³-hybridized carbons (Fsp3) is 0.462. The molecule has 0 aliphatic rings. The molecule has 18 heavy (non-hydrogen) atoms. The molecule has 0 fully saturated rings. The van der Waals surface area contributed by atoms with Crippen molar-refractivity contribution in [1.82, 2.24) is 5.32 Å². The number of amides is 1. The normalized spacial score (nSPS) is 12.3. The molecule has 3 N–H and O–H groups in total. The number of halogens is 1. The molecule has 1 rings (SSSR count). The first kappa shape index (κ1) is 14.8. The van der Waals surface area contributed by atoms with Crippen LogP contribution in [-0.4, -0.2) is 18.6 Å². The Morgan fingerprint density at radius 2 is 2.11 bits per heavy atom. The molecule has 1 aromatic carbocycles. The quantitative estimate of drug-likeness (QED) is 0.863. The molecule has 0 bridgehead atoms. The molecule has 0 aromatic heterocycles. The highest BCUT2D eigenvalue weighted by Gasteiger charge is 2.11. The third kappa shape index (κ3) is 4.55. The van der Waals surface area contributed by atoms with Gasteiger partial charge in [0.25, 0.3) is 5.91 Å². The van der Waals surface area contributed by atoms with E-state index < -0.39 is 0 Å². The summed E-state index contributed by atoms with van der Waals surface area (Å²) in [5, 5.41) is 3.35. The number of hydrogen-bond donors (Lipinski definition) is 2. The van der Waals surface area contributed by atoms with E-state index >= 15 is 0 Å². The zero-order chi connectivity index (χ0) is 13.7. The van der Waals surface area contributed by atoms with Crippen molar-refractivity contribution in [3.8, 4) is 5.75 Å². The molecule has 4 nitrogen and oxygen atoms in total. The summed E-state index contributed by atoms with van der Waals surface area (Å²) >= 11 is 5.90. The van der Waals surface area contributed by atoms with Crippen molar-refractivity contribution in [2.24, 2.45) is 5.73 Å². The van der Waals surface area contributed by atoms with E-state index in [0.29, 0.717) is 10.8 Å². The van der Waals surface area contributed by atoms with Crippen molar-refractivity contribution in [3.05, 3.63) is 28.8 Å². The highest BCUT2D eigenvalue weighted by atomic mass is 35.5. The van der Waals surface area contributed by atoms with Crippen molar-refractivity contribution < 1.29 is 9.53 Å². The van der Waals surface area contributed by atoms with Gasteiger partial charge in [0.2, 0.25) is 0 Å². The summed E-state index contributed by atoms with van der Waals surface area (Å²) in [6.45, 7) is 5.60. The molecule has 100 valence electrons. The van der Waals surface area contributed by atoms with Crippen LogP contribution in [0.3, 0.4) is 0 Å². The number of nitrogens with two attached hydrogens (primary N) is 1. The predicted octanol–water partition coefficient (Wildman–Crippen LogP) is 2.26. The lowest BCUT2D eigenvalue weighted by atomic mass is 10.1.